The Morgan fingerprint density at radius 2 is 1.74 bits per heavy atom. The van der Waals surface area contributed by atoms with Gasteiger partial charge in [0.05, 0.1) is 6.10 Å². The van der Waals surface area contributed by atoms with Crippen LogP contribution in [0.4, 0.5) is 16.2 Å². The molecular weight excluding hydrogens is 394 g/mol. The van der Waals surface area contributed by atoms with Crippen molar-refractivity contribution in [3.63, 3.8) is 0 Å². The molecule has 7 nitrogen and oxygen atoms in total. The van der Waals surface area contributed by atoms with E-state index in [1.165, 1.54) is 0 Å². The fourth-order valence-electron chi connectivity index (χ4n) is 3.94. The van der Waals surface area contributed by atoms with Gasteiger partial charge in [-0.3, -0.25) is 4.79 Å². The predicted octanol–water partition coefficient (Wildman–Crippen LogP) is 4.13. The van der Waals surface area contributed by atoms with E-state index in [-0.39, 0.29) is 24.0 Å². The van der Waals surface area contributed by atoms with Crippen molar-refractivity contribution < 1.29 is 19.1 Å². The highest BCUT2D eigenvalue weighted by atomic mass is 16.5. The lowest BCUT2D eigenvalue weighted by Gasteiger charge is -2.31. The maximum Gasteiger partial charge on any atom is 0.321 e. The number of hydrogen-bond acceptors (Lipinski definition) is 4. The van der Waals surface area contributed by atoms with Gasteiger partial charge in [-0.1, -0.05) is 24.3 Å². The van der Waals surface area contributed by atoms with Crippen LogP contribution >= 0.6 is 0 Å². The lowest BCUT2D eigenvalue weighted by molar-refractivity contribution is -0.121. The van der Waals surface area contributed by atoms with Crippen molar-refractivity contribution in [1.82, 2.24) is 4.90 Å². The summed E-state index contributed by atoms with van der Waals surface area (Å²) < 4.78 is 11.4. The van der Waals surface area contributed by atoms with Crippen molar-refractivity contribution in [3.8, 4) is 5.75 Å². The molecule has 31 heavy (non-hydrogen) atoms. The molecule has 0 aromatic heterocycles. The Morgan fingerprint density at radius 3 is 2.48 bits per heavy atom. The van der Waals surface area contributed by atoms with E-state index in [1.807, 2.05) is 54.6 Å². The Labute approximate surface area is 182 Å². The quantitative estimate of drug-likeness (QED) is 0.732. The first-order valence-corrected chi connectivity index (χ1v) is 10.9. The van der Waals surface area contributed by atoms with E-state index in [9.17, 15) is 9.59 Å². The monoisotopic (exact) mass is 423 g/mol. The Hall–Kier alpha value is -3.06. The third-order valence-electron chi connectivity index (χ3n) is 5.74. The largest absolute Gasteiger partial charge is 0.491 e. The molecule has 2 heterocycles. The van der Waals surface area contributed by atoms with Crippen LogP contribution < -0.4 is 15.4 Å². The minimum Gasteiger partial charge on any atom is -0.491 e. The van der Waals surface area contributed by atoms with Crippen LogP contribution in [-0.4, -0.2) is 49.2 Å². The van der Waals surface area contributed by atoms with Crippen LogP contribution in [0, 0.1) is 5.92 Å². The maximum atomic E-state index is 12.7. The molecule has 2 fully saturated rings. The summed E-state index contributed by atoms with van der Waals surface area (Å²) >= 11 is 0. The Morgan fingerprint density at radius 1 is 0.968 bits per heavy atom. The highest BCUT2D eigenvalue weighted by Gasteiger charge is 2.27. The van der Waals surface area contributed by atoms with Gasteiger partial charge in [-0.15, -0.1) is 0 Å². The Bertz CT molecular complexity index is 875. The minimum atomic E-state index is -0.124. The molecule has 0 bridgehead atoms. The number of hydrogen-bond donors (Lipinski definition) is 2. The van der Waals surface area contributed by atoms with Crippen LogP contribution in [0.5, 0.6) is 5.75 Å². The molecule has 3 amide bonds. The molecule has 2 aromatic carbocycles. The Balaban J connectivity index is 1.23. The van der Waals surface area contributed by atoms with Gasteiger partial charge in [-0.25, -0.2) is 4.79 Å². The molecule has 7 heteroatoms. The van der Waals surface area contributed by atoms with Crippen LogP contribution in [0.2, 0.25) is 0 Å². The number of urea groups is 1. The molecule has 0 unspecified atom stereocenters. The number of carbonyl (C=O) groups is 2. The number of ether oxygens (including phenoxy) is 2. The number of piperidine rings is 1. The fraction of sp³-hybridized carbons (Fsp3) is 0.417. The zero-order valence-corrected chi connectivity index (χ0v) is 17.6. The summed E-state index contributed by atoms with van der Waals surface area (Å²) in [6, 6.07) is 16.7. The van der Waals surface area contributed by atoms with E-state index in [0.29, 0.717) is 32.5 Å². The molecule has 2 saturated heterocycles. The number of para-hydroxylation sites is 1. The molecule has 2 aromatic rings. The molecule has 164 valence electrons. The summed E-state index contributed by atoms with van der Waals surface area (Å²) in [7, 11) is 0. The zero-order chi connectivity index (χ0) is 21.5. The van der Waals surface area contributed by atoms with E-state index < -0.39 is 0 Å². The highest BCUT2D eigenvalue weighted by Crippen LogP contribution is 2.23. The molecule has 4 rings (SSSR count). The third kappa shape index (κ3) is 5.98. The van der Waals surface area contributed by atoms with E-state index >= 15 is 0 Å². The normalized spacial score (nSPS) is 19.1. The summed E-state index contributed by atoms with van der Waals surface area (Å²) in [6.07, 6.45) is 3.55. The average Bonchev–Trinajstić information content (AvgIpc) is 3.32. The fourth-order valence-corrected chi connectivity index (χ4v) is 3.94. The summed E-state index contributed by atoms with van der Waals surface area (Å²) in [5, 5.41) is 5.89. The first-order chi connectivity index (χ1) is 15.2. The molecule has 0 aliphatic carbocycles. The van der Waals surface area contributed by atoms with Crippen molar-refractivity contribution in [2.45, 2.75) is 31.8 Å². The summed E-state index contributed by atoms with van der Waals surface area (Å²) in [5.41, 5.74) is 1.49. The van der Waals surface area contributed by atoms with Crippen molar-refractivity contribution >= 4 is 23.3 Å². The summed E-state index contributed by atoms with van der Waals surface area (Å²) in [6.45, 7) is 2.44. The van der Waals surface area contributed by atoms with Gasteiger partial charge in [0, 0.05) is 43.1 Å². The van der Waals surface area contributed by atoms with Gasteiger partial charge >= 0.3 is 6.03 Å². The molecule has 2 aliphatic heterocycles. The topological polar surface area (TPSA) is 79.9 Å². The maximum absolute atomic E-state index is 12.7. The summed E-state index contributed by atoms with van der Waals surface area (Å²) in [5.74, 6) is 0.595. The molecule has 0 radical (unpaired) electrons. The number of anilines is 2. The number of likely N-dealkylation sites (tertiary alicyclic amines) is 1. The van der Waals surface area contributed by atoms with E-state index in [2.05, 4.69) is 10.6 Å². The van der Waals surface area contributed by atoms with Gasteiger partial charge in [0.2, 0.25) is 5.91 Å². The SMILES string of the molecule is O=C(Nc1cccc(OC[C@@H]2CCCO2)c1)C1CCN(C(=O)Nc2ccccc2)CC1. The van der Waals surface area contributed by atoms with Crippen LogP contribution in [0.15, 0.2) is 54.6 Å². The number of nitrogens with one attached hydrogen (secondary N) is 2. The first kappa shape index (κ1) is 21.2. The van der Waals surface area contributed by atoms with Gasteiger partial charge in [-0.2, -0.15) is 0 Å². The molecule has 1 atom stereocenters. The number of amides is 3. The molecule has 2 aliphatic rings. The van der Waals surface area contributed by atoms with Crippen LogP contribution in [-0.2, 0) is 9.53 Å². The van der Waals surface area contributed by atoms with Gasteiger partial charge in [0.1, 0.15) is 12.4 Å². The molecule has 0 saturated carbocycles. The van der Waals surface area contributed by atoms with Crippen LogP contribution in [0.1, 0.15) is 25.7 Å². The third-order valence-corrected chi connectivity index (χ3v) is 5.74. The van der Waals surface area contributed by atoms with Crippen molar-refractivity contribution in [1.29, 1.82) is 0 Å². The number of benzene rings is 2. The predicted molar refractivity (Wildman–Crippen MR) is 119 cm³/mol. The van der Waals surface area contributed by atoms with Gasteiger partial charge in [0.25, 0.3) is 0 Å². The lowest BCUT2D eigenvalue weighted by Crippen LogP contribution is -2.43. The molecule has 0 spiro atoms. The van der Waals surface area contributed by atoms with E-state index in [1.54, 1.807) is 4.90 Å². The number of rotatable bonds is 6. The van der Waals surface area contributed by atoms with Gasteiger partial charge in [-0.05, 0) is 49.9 Å². The lowest BCUT2D eigenvalue weighted by atomic mass is 9.96. The van der Waals surface area contributed by atoms with E-state index in [4.69, 9.17) is 9.47 Å². The minimum absolute atomic E-state index is 0.0145. The average molecular weight is 424 g/mol. The first-order valence-electron chi connectivity index (χ1n) is 10.9. The zero-order valence-electron chi connectivity index (χ0n) is 17.6. The standard InChI is InChI=1S/C24H29N3O4/c28-23(25-20-8-4-9-21(16-20)31-17-22-10-5-15-30-22)18-11-13-27(14-12-18)24(29)26-19-6-2-1-3-7-19/h1-4,6-9,16,18,22H,5,10-15,17H2,(H,25,28)(H,26,29)/t22-/m0/s1. The summed E-state index contributed by atoms with van der Waals surface area (Å²) in [4.78, 5) is 26.9. The van der Waals surface area contributed by atoms with Crippen LogP contribution in [0.3, 0.4) is 0 Å². The van der Waals surface area contributed by atoms with Crippen molar-refractivity contribution in [2.75, 3.05) is 36.9 Å². The van der Waals surface area contributed by atoms with Crippen LogP contribution in [0.25, 0.3) is 0 Å². The molecule has 2 N–H and O–H groups in total. The highest BCUT2D eigenvalue weighted by molar-refractivity contribution is 5.93. The molecular formula is C24H29N3O4. The smallest absolute Gasteiger partial charge is 0.321 e. The van der Waals surface area contributed by atoms with Gasteiger partial charge in [0.15, 0.2) is 0 Å². The van der Waals surface area contributed by atoms with Crippen molar-refractivity contribution in [2.24, 2.45) is 5.92 Å². The number of carbonyl (C=O) groups excluding carboxylic acids is 2. The van der Waals surface area contributed by atoms with Crippen molar-refractivity contribution in [3.05, 3.63) is 54.6 Å². The van der Waals surface area contributed by atoms with E-state index in [0.717, 1.165) is 36.6 Å². The second-order valence-electron chi connectivity index (χ2n) is 8.02. The van der Waals surface area contributed by atoms with Gasteiger partial charge < -0.3 is 25.0 Å². The Kier molecular flexibility index (Phi) is 7.04. The second-order valence-corrected chi connectivity index (χ2v) is 8.02. The second kappa shape index (κ2) is 10.3. The number of nitrogens with zero attached hydrogens (tertiary/aromatic N) is 1.